The van der Waals surface area contributed by atoms with Crippen LogP contribution in [0.3, 0.4) is 0 Å². The molecular formula is C16H21F3N2O. The Hall–Kier alpha value is -1.56. The highest BCUT2D eigenvalue weighted by atomic mass is 19.4. The van der Waals surface area contributed by atoms with Crippen molar-refractivity contribution in [2.45, 2.75) is 38.4 Å². The zero-order valence-electron chi connectivity index (χ0n) is 12.5. The summed E-state index contributed by atoms with van der Waals surface area (Å²) in [4.78, 5) is 12.3. The number of hydrogen-bond donors (Lipinski definition) is 2. The van der Waals surface area contributed by atoms with Crippen molar-refractivity contribution in [3.8, 4) is 0 Å². The molecule has 2 rings (SSSR count). The van der Waals surface area contributed by atoms with E-state index in [1.54, 1.807) is 19.2 Å². The molecule has 1 amide bonds. The molecule has 2 N–H and O–H groups in total. The molecule has 6 heteroatoms. The minimum Gasteiger partial charge on any atom is -0.326 e. The van der Waals surface area contributed by atoms with Crippen molar-refractivity contribution in [3.63, 3.8) is 0 Å². The second kappa shape index (κ2) is 7.13. The highest BCUT2D eigenvalue weighted by Gasteiger charge is 2.43. The molecule has 0 radical (unpaired) electrons. The van der Waals surface area contributed by atoms with E-state index in [0.29, 0.717) is 25.1 Å². The predicted octanol–water partition coefficient (Wildman–Crippen LogP) is 3.71. The van der Waals surface area contributed by atoms with Gasteiger partial charge in [0.05, 0.1) is 5.92 Å². The third kappa shape index (κ3) is 4.22. The topological polar surface area (TPSA) is 41.1 Å². The maximum absolute atomic E-state index is 12.8. The number of anilines is 1. The summed E-state index contributed by atoms with van der Waals surface area (Å²) < 4.78 is 38.5. The number of rotatable bonds is 4. The highest BCUT2D eigenvalue weighted by Crippen LogP contribution is 2.40. The third-order valence-corrected chi connectivity index (χ3v) is 4.15. The Balaban J connectivity index is 2.03. The molecule has 3 nitrogen and oxygen atoms in total. The van der Waals surface area contributed by atoms with Crippen molar-refractivity contribution < 1.29 is 18.0 Å². The van der Waals surface area contributed by atoms with Gasteiger partial charge in [-0.25, -0.2) is 0 Å². The molecule has 1 aliphatic carbocycles. The van der Waals surface area contributed by atoms with Crippen molar-refractivity contribution in [1.82, 2.24) is 5.32 Å². The second-order valence-electron chi connectivity index (χ2n) is 5.78. The van der Waals surface area contributed by atoms with E-state index in [1.165, 1.54) is 0 Å². The van der Waals surface area contributed by atoms with Crippen molar-refractivity contribution >= 4 is 11.6 Å². The zero-order chi connectivity index (χ0) is 16.2. The normalized spacial score (nSPS) is 22.4. The summed E-state index contributed by atoms with van der Waals surface area (Å²) in [5.41, 5.74) is 1.58. The average Bonchev–Trinajstić information content (AvgIpc) is 2.49. The largest absolute Gasteiger partial charge is 0.391 e. The maximum atomic E-state index is 12.8. The fraction of sp³-hybridized carbons (Fsp3) is 0.562. The smallest absolute Gasteiger partial charge is 0.326 e. The number of benzene rings is 1. The van der Waals surface area contributed by atoms with Gasteiger partial charge in [-0.05, 0) is 37.9 Å². The quantitative estimate of drug-likeness (QED) is 0.889. The molecule has 0 saturated heterocycles. The number of nitrogens with one attached hydrogen (secondary N) is 2. The molecule has 0 spiro atoms. The molecule has 22 heavy (non-hydrogen) atoms. The lowest BCUT2D eigenvalue weighted by atomic mass is 9.80. The van der Waals surface area contributed by atoms with Gasteiger partial charge in [-0.3, -0.25) is 4.79 Å². The summed E-state index contributed by atoms with van der Waals surface area (Å²) in [5, 5.41) is 5.79. The fourth-order valence-electron chi connectivity index (χ4n) is 2.95. The summed E-state index contributed by atoms with van der Waals surface area (Å²) in [6, 6.07) is 7.32. The van der Waals surface area contributed by atoms with Crippen molar-refractivity contribution in [2.24, 2.45) is 11.8 Å². The number of carbonyl (C=O) groups is 1. The van der Waals surface area contributed by atoms with Gasteiger partial charge in [0.1, 0.15) is 0 Å². The molecule has 1 aromatic carbocycles. The molecule has 2 atom stereocenters. The summed E-state index contributed by atoms with van der Waals surface area (Å²) in [6.45, 7) is 0.590. The number of carbonyl (C=O) groups excluding carboxylic acids is 1. The van der Waals surface area contributed by atoms with E-state index in [9.17, 15) is 18.0 Å². The lowest BCUT2D eigenvalue weighted by Crippen LogP contribution is -2.34. The number of para-hydroxylation sites is 1. The average molecular weight is 314 g/mol. The minimum absolute atomic E-state index is 0.108. The van der Waals surface area contributed by atoms with E-state index in [2.05, 4.69) is 10.6 Å². The Labute approximate surface area is 128 Å². The summed E-state index contributed by atoms with van der Waals surface area (Å²) in [7, 11) is 1.80. The van der Waals surface area contributed by atoms with E-state index in [1.807, 2.05) is 12.1 Å². The minimum atomic E-state index is -4.21. The summed E-state index contributed by atoms with van der Waals surface area (Å²) in [5.74, 6) is -2.23. The molecule has 2 unspecified atom stereocenters. The first-order valence-electron chi connectivity index (χ1n) is 7.52. The lowest BCUT2D eigenvalue weighted by Gasteiger charge is -2.29. The first-order valence-corrected chi connectivity index (χ1v) is 7.52. The summed E-state index contributed by atoms with van der Waals surface area (Å²) in [6.07, 6.45) is -3.22. The first kappa shape index (κ1) is 16.8. The van der Waals surface area contributed by atoms with Crippen LogP contribution in [-0.4, -0.2) is 19.1 Å². The van der Waals surface area contributed by atoms with Gasteiger partial charge in [0.15, 0.2) is 0 Å². The molecule has 0 heterocycles. The van der Waals surface area contributed by atoms with Gasteiger partial charge in [-0.2, -0.15) is 13.2 Å². The molecule has 1 fully saturated rings. The van der Waals surface area contributed by atoms with E-state index >= 15 is 0 Å². The third-order valence-electron chi connectivity index (χ3n) is 4.15. The van der Waals surface area contributed by atoms with Gasteiger partial charge in [0, 0.05) is 18.2 Å². The zero-order valence-corrected chi connectivity index (χ0v) is 12.5. The molecule has 1 aliphatic rings. The van der Waals surface area contributed by atoms with Crippen LogP contribution in [0.2, 0.25) is 0 Å². The van der Waals surface area contributed by atoms with E-state index in [4.69, 9.17) is 0 Å². The Morgan fingerprint density at radius 1 is 1.27 bits per heavy atom. The van der Waals surface area contributed by atoms with Crippen molar-refractivity contribution in [3.05, 3.63) is 29.8 Å². The van der Waals surface area contributed by atoms with Crippen LogP contribution in [0.5, 0.6) is 0 Å². The molecular weight excluding hydrogens is 293 g/mol. The molecule has 122 valence electrons. The Bertz CT molecular complexity index is 516. The number of halogens is 3. The fourth-order valence-corrected chi connectivity index (χ4v) is 2.95. The number of hydrogen-bond acceptors (Lipinski definition) is 2. The van der Waals surface area contributed by atoms with Crippen LogP contribution in [0.1, 0.15) is 31.2 Å². The van der Waals surface area contributed by atoms with Gasteiger partial charge in [0.25, 0.3) is 0 Å². The number of alkyl halides is 3. The number of amides is 1. The van der Waals surface area contributed by atoms with Gasteiger partial charge in [-0.1, -0.05) is 24.6 Å². The van der Waals surface area contributed by atoms with Crippen LogP contribution < -0.4 is 10.6 Å². The van der Waals surface area contributed by atoms with Crippen LogP contribution in [0.15, 0.2) is 24.3 Å². The predicted molar refractivity (Wildman–Crippen MR) is 79.3 cm³/mol. The molecule has 1 saturated carbocycles. The monoisotopic (exact) mass is 314 g/mol. The van der Waals surface area contributed by atoms with Gasteiger partial charge in [0.2, 0.25) is 5.91 Å². The van der Waals surface area contributed by atoms with Crippen LogP contribution in [0.4, 0.5) is 18.9 Å². The van der Waals surface area contributed by atoms with Gasteiger partial charge >= 0.3 is 6.18 Å². The molecule has 0 aromatic heterocycles. The van der Waals surface area contributed by atoms with Gasteiger partial charge in [-0.15, -0.1) is 0 Å². The van der Waals surface area contributed by atoms with Crippen LogP contribution >= 0.6 is 0 Å². The maximum Gasteiger partial charge on any atom is 0.391 e. The molecule has 1 aromatic rings. The standard InChI is InChI=1S/C16H21F3N2O/c1-20-10-12-5-2-3-8-14(12)21-15(22)11-6-4-7-13(9-11)16(17,18)19/h2-3,5,8,11,13,20H,4,6-7,9-10H2,1H3,(H,21,22). The summed E-state index contributed by atoms with van der Waals surface area (Å²) >= 11 is 0. The van der Waals surface area contributed by atoms with E-state index < -0.39 is 18.0 Å². The van der Waals surface area contributed by atoms with E-state index in [0.717, 1.165) is 5.56 Å². The Kier molecular flexibility index (Phi) is 5.45. The lowest BCUT2D eigenvalue weighted by molar-refractivity contribution is -0.185. The van der Waals surface area contributed by atoms with Gasteiger partial charge < -0.3 is 10.6 Å². The van der Waals surface area contributed by atoms with Crippen molar-refractivity contribution in [1.29, 1.82) is 0 Å². The van der Waals surface area contributed by atoms with Crippen LogP contribution in [0, 0.1) is 11.8 Å². The Morgan fingerprint density at radius 3 is 2.68 bits per heavy atom. The Morgan fingerprint density at radius 2 is 2.00 bits per heavy atom. The van der Waals surface area contributed by atoms with Crippen molar-refractivity contribution in [2.75, 3.05) is 12.4 Å². The van der Waals surface area contributed by atoms with Crippen LogP contribution in [-0.2, 0) is 11.3 Å². The molecule has 0 bridgehead atoms. The second-order valence-corrected chi connectivity index (χ2v) is 5.78. The van der Waals surface area contributed by atoms with Crippen LogP contribution in [0.25, 0.3) is 0 Å². The van der Waals surface area contributed by atoms with E-state index in [-0.39, 0.29) is 18.7 Å². The molecule has 0 aliphatic heterocycles. The first-order chi connectivity index (χ1) is 10.4. The highest BCUT2D eigenvalue weighted by molar-refractivity contribution is 5.93. The SMILES string of the molecule is CNCc1ccccc1NC(=O)C1CCCC(C(F)(F)F)C1.